The lowest BCUT2D eigenvalue weighted by molar-refractivity contribution is -0.0167. The van der Waals surface area contributed by atoms with Gasteiger partial charge in [0.1, 0.15) is 12.0 Å². The van der Waals surface area contributed by atoms with E-state index in [1.807, 2.05) is 12.1 Å². The largest absolute Gasteiger partial charge is 0.497 e. The molecule has 0 aliphatic carbocycles. The minimum atomic E-state index is 0.127. The number of likely N-dealkylation sites (N-methyl/N-ethyl adjacent to an activating group) is 1. The van der Waals surface area contributed by atoms with Crippen LogP contribution in [0, 0.1) is 0 Å². The Hall–Kier alpha value is -1.06. The zero-order valence-electron chi connectivity index (χ0n) is 11.3. The van der Waals surface area contributed by atoms with Crippen molar-refractivity contribution in [2.45, 2.75) is 26.0 Å². The summed E-state index contributed by atoms with van der Waals surface area (Å²) in [5.41, 5.74) is 1.24. The summed E-state index contributed by atoms with van der Waals surface area (Å²) in [4.78, 5) is 2.24. The summed E-state index contributed by atoms with van der Waals surface area (Å²) in [7, 11) is 5.55. The monoisotopic (exact) mass is 237 g/mol. The first-order valence-electron chi connectivity index (χ1n) is 6.07. The second kappa shape index (κ2) is 7.30. The summed E-state index contributed by atoms with van der Waals surface area (Å²) >= 11 is 0. The van der Waals surface area contributed by atoms with E-state index in [0.29, 0.717) is 0 Å². The maximum atomic E-state index is 5.53. The highest BCUT2D eigenvalue weighted by Crippen LogP contribution is 2.15. The molecule has 0 N–H and O–H groups in total. The first kappa shape index (κ1) is 14.0. The second-order valence-corrected chi connectivity index (χ2v) is 4.23. The summed E-state index contributed by atoms with van der Waals surface area (Å²) in [6, 6.07) is 8.14. The maximum Gasteiger partial charge on any atom is 0.119 e. The van der Waals surface area contributed by atoms with Crippen LogP contribution in [0.4, 0.5) is 0 Å². The van der Waals surface area contributed by atoms with Gasteiger partial charge in [-0.3, -0.25) is 4.90 Å². The number of hydrogen-bond donors (Lipinski definition) is 0. The topological polar surface area (TPSA) is 21.7 Å². The molecule has 17 heavy (non-hydrogen) atoms. The van der Waals surface area contributed by atoms with Gasteiger partial charge in [-0.1, -0.05) is 19.1 Å². The molecule has 0 aliphatic heterocycles. The molecule has 3 nitrogen and oxygen atoms in total. The van der Waals surface area contributed by atoms with E-state index < -0.39 is 0 Å². The summed E-state index contributed by atoms with van der Waals surface area (Å²) in [6.45, 7) is 3.22. The van der Waals surface area contributed by atoms with Gasteiger partial charge in [0.2, 0.25) is 0 Å². The molecule has 0 aliphatic rings. The van der Waals surface area contributed by atoms with Crippen molar-refractivity contribution in [3.05, 3.63) is 29.8 Å². The predicted molar refractivity (Wildman–Crippen MR) is 70.4 cm³/mol. The lowest BCUT2D eigenvalue weighted by Crippen LogP contribution is -2.35. The van der Waals surface area contributed by atoms with Crippen LogP contribution in [0.5, 0.6) is 5.75 Å². The molecule has 0 saturated heterocycles. The number of benzene rings is 1. The Morgan fingerprint density at radius 1 is 1.29 bits per heavy atom. The van der Waals surface area contributed by atoms with Crippen LogP contribution in [0.25, 0.3) is 0 Å². The van der Waals surface area contributed by atoms with Crippen molar-refractivity contribution in [3.8, 4) is 5.75 Å². The van der Waals surface area contributed by atoms with Crippen LogP contribution in [0.15, 0.2) is 24.3 Å². The molecule has 3 heteroatoms. The fourth-order valence-corrected chi connectivity index (χ4v) is 1.92. The van der Waals surface area contributed by atoms with Crippen molar-refractivity contribution >= 4 is 0 Å². The lowest BCUT2D eigenvalue weighted by Gasteiger charge is -2.26. The average Bonchev–Trinajstić information content (AvgIpc) is 2.36. The molecular weight excluding hydrogens is 214 g/mol. The molecule has 0 fully saturated rings. The SMILES string of the molecule is CCCN(C)C(Cc1cccc(OC)c1)OC. The van der Waals surface area contributed by atoms with E-state index in [1.165, 1.54) is 5.56 Å². The molecule has 0 amide bonds. The fraction of sp³-hybridized carbons (Fsp3) is 0.571. The van der Waals surface area contributed by atoms with Gasteiger partial charge in [-0.05, 0) is 37.7 Å². The molecular formula is C14H23NO2. The summed E-state index contributed by atoms with van der Waals surface area (Å²) in [5, 5.41) is 0. The molecule has 1 rings (SSSR count). The van der Waals surface area contributed by atoms with Crippen LogP contribution in [0.2, 0.25) is 0 Å². The van der Waals surface area contributed by atoms with Crippen molar-refractivity contribution < 1.29 is 9.47 Å². The van der Waals surface area contributed by atoms with Crippen LogP contribution in [-0.2, 0) is 11.2 Å². The highest BCUT2D eigenvalue weighted by Gasteiger charge is 2.13. The molecule has 0 saturated carbocycles. The summed E-state index contributed by atoms with van der Waals surface area (Å²) in [5.74, 6) is 0.899. The van der Waals surface area contributed by atoms with Gasteiger partial charge >= 0.3 is 0 Å². The third-order valence-electron chi connectivity index (χ3n) is 2.88. The van der Waals surface area contributed by atoms with E-state index in [2.05, 4.69) is 31.0 Å². The normalized spacial score (nSPS) is 12.8. The highest BCUT2D eigenvalue weighted by molar-refractivity contribution is 5.28. The minimum absolute atomic E-state index is 0.127. The maximum absolute atomic E-state index is 5.53. The first-order chi connectivity index (χ1) is 8.21. The quantitative estimate of drug-likeness (QED) is 0.680. The highest BCUT2D eigenvalue weighted by atomic mass is 16.5. The van der Waals surface area contributed by atoms with Crippen LogP contribution >= 0.6 is 0 Å². The smallest absolute Gasteiger partial charge is 0.119 e. The number of nitrogens with zero attached hydrogens (tertiary/aromatic N) is 1. The van der Waals surface area contributed by atoms with E-state index in [0.717, 1.165) is 25.1 Å². The van der Waals surface area contributed by atoms with Crippen LogP contribution in [-0.4, -0.2) is 38.9 Å². The van der Waals surface area contributed by atoms with Crippen molar-refractivity contribution in [3.63, 3.8) is 0 Å². The van der Waals surface area contributed by atoms with Crippen LogP contribution < -0.4 is 4.74 Å². The molecule has 1 aromatic carbocycles. The number of rotatable bonds is 7. The first-order valence-corrected chi connectivity index (χ1v) is 6.07. The molecule has 0 radical (unpaired) electrons. The third-order valence-corrected chi connectivity index (χ3v) is 2.88. The van der Waals surface area contributed by atoms with E-state index in [4.69, 9.17) is 9.47 Å². The molecule has 0 bridgehead atoms. The van der Waals surface area contributed by atoms with E-state index >= 15 is 0 Å². The second-order valence-electron chi connectivity index (χ2n) is 4.23. The van der Waals surface area contributed by atoms with Crippen LogP contribution in [0.1, 0.15) is 18.9 Å². The summed E-state index contributed by atoms with van der Waals surface area (Å²) in [6.07, 6.45) is 2.14. The Morgan fingerprint density at radius 2 is 2.06 bits per heavy atom. The van der Waals surface area contributed by atoms with Crippen molar-refractivity contribution in [2.24, 2.45) is 0 Å². The molecule has 0 aromatic heterocycles. The van der Waals surface area contributed by atoms with Gasteiger partial charge in [-0.15, -0.1) is 0 Å². The number of hydrogen-bond acceptors (Lipinski definition) is 3. The lowest BCUT2D eigenvalue weighted by atomic mass is 10.1. The third kappa shape index (κ3) is 4.36. The van der Waals surface area contributed by atoms with Gasteiger partial charge in [0, 0.05) is 13.5 Å². The van der Waals surface area contributed by atoms with Gasteiger partial charge in [0.15, 0.2) is 0 Å². The number of methoxy groups -OCH3 is 2. The Labute approximate surface area is 104 Å². The number of ether oxygens (including phenoxy) is 2. The van der Waals surface area contributed by atoms with Crippen LogP contribution in [0.3, 0.4) is 0 Å². The summed E-state index contributed by atoms with van der Waals surface area (Å²) < 4.78 is 10.8. The van der Waals surface area contributed by atoms with E-state index in [9.17, 15) is 0 Å². The minimum Gasteiger partial charge on any atom is -0.497 e. The van der Waals surface area contributed by atoms with E-state index in [1.54, 1.807) is 14.2 Å². The Bertz CT molecular complexity index is 328. The zero-order chi connectivity index (χ0) is 12.7. The standard InChI is InChI=1S/C14H23NO2/c1-5-9-15(2)14(17-4)11-12-7-6-8-13(10-12)16-3/h6-8,10,14H,5,9,11H2,1-4H3. The predicted octanol–water partition coefficient (Wildman–Crippen LogP) is 2.55. The van der Waals surface area contributed by atoms with Crippen molar-refractivity contribution in [1.29, 1.82) is 0 Å². The Morgan fingerprint density at radius 3 is 2.65 bits per heavy atom. The van der Waals surface area contributed by atoms with E-state index in [-0.39, 0.29) is 6.23 Å². The Kier molecular flexibility index (Phi) is 6.01. The van der Waals surface area contributed by atoms with Gasteiger partial charge in [-0.25, -0.2) is 0 Å². The molecule has 0 spiro atoms. The Balaban J connectivity index is 2.66. The van der Waals surface area contributed by atoms with Gasteiger partial charge < -0.3 is 9.47 Å². The molecule has 1 atom stereocenters. The molecule has 1 unspecified atom stereocenters. The van der Waals surface area contributed by atoms with Gasteiger partial charge in [-0.2, -0.15) is 0 Å². The van der Waals surface area contributed by atoms with Crippen molar-refractivity contribution in [1.82, 2.24) is 4.90 Å². The molecule has 1 aromatic rings. The zero-order valence-corrected chi connectivity index (χ0v) is 11.3. The van der Waals surface area contributed by atoms with Crippen molar-refractivity contribution in [2.75, 3.05) is 27.8 Å². The fourth-order valence-electron chi connectivity index (χ4n) is 1.92. The van der Waals surface area contributed by atoms with Gasteiger partial charge in [0.25, 0.3) is 0 Å². The average molecular weight is 237 g/mol. The molecule has 0 heterocycles. The van der Waals surface area contributed by atoms with Gasteiger partial charge in [0.05, 0.1) is 7.11 Å². The molecule has 96 valence electrons.